The van der Waals surface area contributed by atoms with Crippen LogP contribution in [0.3, 0.4) is 0 Å². The standard InChI is InChI=1S/C20H29N3O3/c1-12-11-13(2)23(20(25)21-12)9-7-16(24)22-18-15-8-10-26-19(15)17(18)14-5-3-4-6-14/h11,14-15,17-19H,3-10H2,1-2H3,(H,22,24)/t15-,17+,18+,19-/m1/s1. The van der Waals surface area contributed by atoms with E-state index in [-0.39, 0.29) is 17.6 Å². The average molecular weight is 359 g/mol. The summed E-state index contributed by atoms with van der Waals surface area (Å²) in [5.41, 5.74) is 1.30. The summed E-state index contributed by atoms with van der Waals surface area (Å²) in [4.78, 5) is 28.6. The van der Waals surface area contributed by atoms with E-state index in [4.69, 9.17) is 4.74 Å². The van der Waals surface area contributed by atoms with E-state index in [1.54, 1.807) is 4.57 Å². The number of rotatable bonds is 5. The Morgan fingerprint density at radius 3 is 2.81 bits per heavy atom. The molecule has 4 rings (SSSR count). The Bertz CT molecular complexity index is 734. The van der Waals surface area contributed by atoms with Crippen molar-refractivity contribution in [1.82, 2.24) is 14.9 Å². The molecular weight excluding hydrogens is 330 g/mol. The van der Waals surface area contributed by atoms with E-state index >= 15 is 0 Å². The Labute approximate surface area is 154 Å². The highest BCUT2D eigenvalue weighted by atomic mass is 16.5. The Balaban J connectivity index is 1.37. The van der Waals surface area contributed by atoms with Gasteiger partial charge in [0.05, 0.1) is 6.10 Å². The number of nitrogens with zero attached hydrogens (tertiary/aromatic N) is 2. The van der Waals surface area contributed by atoms with E-state index in [9.17, 15) is 9.59 Å². The fourth-order valence-corrected chi connectivity index (χ4v) is 5.38. The van der Waals surface area contributed by atoms with Crippen molar-refractivity contribution < 1.29 is 9.53 Å². The number of ether oxygens (including phenoxy) is 1. The topological polar surface area (TPSA) is 73.2 Å². The highest BCUT2D eigenvalue weighted by Gasteiger charge is 2.56. The zero-order chi connectivity index (χ0) is 18.3. The number of nitrogens with one attached hydrogen (secondary N) is 1. The number of hydrogen-bond donors (Lipinski definition) is 1. The third kappa shape index (κ3) is 3.20. The molecule has 2 saturated carbocycles. The van der Waals surface area contributed by atoms with E-state index in [0.29, 0.717) is 42.5 Å². The van der Waals surface area contributed by atoms with Crippen LogP contribution in [0.15, 0.2) is 10.9 Å². The molecule has 0 spiro atoms. The molecule has 0 aromatic carbocycles. The van der Waals surface area contributed by atoms with Gasteiger partial charge in [0.25, 0.3) is 0 Å². The second-order valence-corrected chi connectivity index (χ2v) is 8.23. The molecular formula is C20H29N3O3. The minimum Gasteiger partial charge on any atom is -0.377 e. The molecule has 0 bridgehead atoms. The minimum atomic E-state index is -0.271. The van der Waals surface area contributed by atoms with Crippen LogP contribution in [0.5, 0.6) is 0 Å². The van der Waals surface area contributed by atoms with Crippen LogP contribution in [-0.4, -0.2) is 34.2 Å². The van der Waals surface area contributed by atoms with Gasteiger partial charge < -0.3 is 10.1 Å². The smallest absolute Gasteiger partial charge is 0.347 e. The van der Waals surface area contributed by atoms with E-state index in [2.05, 4.69) is 10.3 Å². The van der Waals surface area contributed by atoms with E-state index in [1.165, 1.54) is 25.7 Å². The van der Waals surface area contributed by atoms with Gasteiger partial charge in [0.2, 0.25) is 5.91 Å². The van der Waals surface area contributed by atoms with Gasteiger partial charge in [-0.15, -0.1) is 0 Å². The maximum Gasteiger partial charge on any atom is 0.347 e. The molecule has 1 saturated heterocycles. The quantitative estimate of drug-likeness (QED) is 0.872. The molecule has 3 fully saturated rings. The van der Waals surface area contributed by atoms with Crippen LogP contribution < -0.4 is 11.0 Å². The normalized spacial score (nSPS) is 30.8. The van der Waals surface area contributed by atoms with Gasteiger partial charge in [0.15, 0.2) is 0 Å². The Morgan fingerprint density at radius 2 is 2.08 bits per heavy atom. The van der Waals surface area contributed by atoms with Gasteiger partial charge in [-0.05, 0) is 32.3 Å². The first-order valence-corrected chi connectivity index (χ1v) is 10.0. The molecule has 2 heterocycles. The molecule has 1 aliphatic heterocycles. The summed E-state index contributed by atoms with van der Waals surface area (Å²) in [5, 5.41) is 3.28. The predicted octanol–water partition coefficient (Wildman–Crippen LogP) is 1.96. The third-order valence-corrected chi connectivity index (χ3v) is 6.62. The van der Waals surface area contributed by atoms with Crippen LogP contribution in [0.4, 0.5) is 0 Å². The summed E-state index contributed by atoms with van der Waals surface area (Å²) < 4.78 is 7.54. The van der Waals surface area contributed by atoms with Gasteiger partial charge in [-0.25, -0.2) is 4.79 Å². The molecule has 2 aliphatic carbocycles. The first-order valence-electron chi connectivity index (χ1n) is 10.0. The maximum absolute atomic E-state index is 12.6. The number of fused-ring (bicyclic) bond motifs is 1. The van der Waals surface area contributed by atoms with Crippen molar-refractivity contribution in [2.24, 2.45) is 17.8 Å². The molecule has 0 unspecified atom stereocenters. The van der Waals surface area contributed by atoms with Gasteiger partial charge in [-0.1, -0.05) is 25.7 Å². The van der Waals surface area contributed by atoms with Crippen LogP contribution in [0.25, 0.3) is 0 Å². The fraction of sp³-hybridized carbons (Fsp3) is 0.750. The highest BCUT2D eigenvalue weighted by molar-refractivity contribution is 5.76. The van der Waals surface area contributed by atoms with Gasteiger partial charge in [0.1, 0.15) is 0 Å². The van der Waals surface area contributed by atoms with Crippen LogP contribution in [0.2, 0.25) is 0 Å². The molecule has 6 nitrogen and oxygen atoms in total. The summed E-state index contributed by atoms with van der Waals surface area (Å²) in [7, 11) is 0. The summed E-state index contributed by atoms with van der Waals surface area (Å²) in [6.07, 6.45) is 6.88. The number of aryl methyl sites for hydroxylation is 2. The average Bonchev–Trinajstić information content (AvgIpc) is 3.22. The van der Waals surface area contributed by atoms with Crippen LogP contribution >= 0.6 is 0 Å². The summed E-state index contributed by atoms with van der Waals surface area (Å²) in [5.74, 6) is 1.70. The number of aromatic nitrogens is 2. The molecule has 1 N–H and O–H groups in total. The molecule has 142 valence electrons. The lowest BCUT2D eigenvalue weighted by atomic mass is 9.61. The minimum absolute atomic E-state index is 0.0372. The fourth-order valence-electron chi connectivity index (χ4n) is 5.38. The number of carbonyl (C=O) groups excluding carboxylic acids is 1. The monoisotopic (exact) mass is 359 g/mol. The second-order valence-electron chi connectivity index (χ2n) is 8.23. The van der Waals surface area contributed by atoms with Gasteiger partial charge in [0, 0.05) is 48.8 Å². The lowest BCUT2D eigenvalue weighted by Gasteiger charge is -2.50. The molecule has 0 radical (unpaired) electrons. The van der Waals surface area contributed by atoms with Crippen molar-refractivity contribution in [3.05, 3.63) is 27.9 Å². The molecule has 1 aromatic rings. The van der Waals surface area contributed by atoms with E-state index in [1.807, 2.05) is 19.9 Å². The SMILES string of the molecule is Cc1cc(C)n(CCC(=O)N[C@H]2[C@H]3CCO[C@H]3[C@H]2C2CCCC2)c(=O)n1. The Kier molecular flexibility index (Phi) is 4.86. The number of amides is 1. The van der Waals surface area contributed by atoms with Crippen LogP contribution in [0, 0.1) is 31.6 Å². The molecule has 4 atom stereocenters. The maximum atomic E-state index is 12.6. The largest absolute Gasteiger partial charge is 0.377 e. The predicted molar refractivity (Wildman–Crippen MR) is 97.8 cm³/mol. The van der Waals surface area contributed by atoms with Crippen molar-refractivity contribution >= 4 is 5.91 Å². The van der Waals surface area contributed by atoms with Crippen molar-refractivity contribution in [1.29, 1.82) is 0 Å². The van der Waals surface area contributed by atoms with E-state index < -0.39 is 0 Å². The first kappa shape index (κ1) is 17.7. The second kappa shape index (κ2) is 7.14. The summed E-state index contributed by atoms with van der Waals surface area (Å²) in [6, 6.07) is 2.13. The van der Waals surface area contributed by atoms with Crippen LogP contribution in [-0.2, 0) is 16.1 Å². The zero-order valence-corrected chi connectivity index (χ0v) is 15.7. The zero-order valence-electron chi connectivity index (χ0n) is 15.7. The lowest BCUT2D eigenvalue weighted by Crippen LogP contribution is -2.63. The van der Waals surface area contributed by atoms with Gasteiger partial charge >= 0.3 is 5.69 Å². The van der Waals surface area contributed by atoms with E-state index in [0.717, 1.165) is 18.7 Å². The van der Waals surface area contributed by atoms with Crippen molar-refractivity contribution in [3.8, 4) is 0 Å². The third-order valence-electron chi connectivity index (χ3n) is 6.62. The Hall–Kier alpha value is -1.69. The van der Waals surface area contributed by atoms with Gasteiger partial charge in [-0.3, -0.25) is 9.36 Å². The van der Waals surface area contributed by atoms with Crippen molar-refractivity contribution in [3.63, 3.8) is 0 Å². The van der Waals surface area contributed by atoms with Crippen molar-refractivity contribution in [2.45, 2.75) is 71.1 Å². The number of carbonyl (C=O) groups is 1. The molecule has 1 amide bonds. The lowest BCUT2D eigenvalue weighted by molar-refractivity contribution is -0.130. The molecule has 6 heteroatoms. The summed E-state index contributed by atoms with van der Waals surface area (Å²) >= 11 is 0. The van der Waals surface area contributed by atoms with Crippen LogP contribution in [0.1, 0.15) is 49.9 Å². The molecule has 26 heavy (non-hydrogen) atoms. The summed E-state index contributed by atoms with van der Waals surface area (Å²) in [6.45, 7) is 4.91. The van der Waals surface area contributed by atoms with Crippen molar-refractivity contribution in [2.75, 3.05) is 6.61 Å². The number of hydrogen-bond acceptors (Lipinski definition) is 4. The Morgan fingerprint density at radius 1 is 1.31 bits per heavy atom. The highest BCUT2D eigenvalue weighted by Crippen LogP contribution is 2.51. The molecule has 3 aliphatic rings. The first-order chi connectivity index (χ1) is 12.5. The molecule has 1 aromatic heterocycles. The van der Waals surface area contributed by atoms with Gasteiger partial charge in [-0.2, -0.15) is 4.98 Å².